The van der Waals surface area contributed by atoms with Crippen LogP contribution < -0.4 is 34.7 Å². The predicted molar refractivity (Wildman–Crippen MR) is 38.8 cm³/mol. The van der Waals surface area contributed by atoms with E-state index in [0.29, 0.717) is 4.42 Å². The van der Waals surface area contributed by atoms with Crippen molar-refractivity contribution in [1.29, 1.82) is 0 Å². The van der Waals surface area contributed by atoms with Crippen LogP contribution in [0.15, 0.2) is 0 Å². The van der Waals surface area contributed by atoms with Crippen LogP contribution >= 0.6 is 23.6 Å². The number of carboxylic acid groups (broad SMARTS) is 1. The summed E-state index contributed by atoms with van der Waals surface area (Å²) in [6.45, 7) is -0.306. The number of hydroxylamine groups is 1. The summed E-state index contributed by atoms with van der Waals surface area (Å²) in [7, 11) is 0. The molecule has 0 aliphatic carbocycles. The van der Waals surface area contributed by atoms with Crippen LogP contribution in [-0.2, 0) is 4.79 Å². The van der Waals surface area contributed by atoms with Gasteiger partial charge in [0.05, 0.1) is 0 Å². The Balaban J connectivity index is 0.00000144. The summed E-state index contributed by atoms with van der Waals surface area (Å²) in [5.74, 6) is -2.25. The van der Waals surface area contributed by atoms with E-state index in [-0.39, 0.29) is 47.6 Å². The van der Waals surface area contributed by atoms with Gasteiger partial charge in [0.1, 0.15) is 11.8 Å². The van der Waals surface area contributed by atoms with Crippen molar-refractivity contribution in [2.75, 3.05) is 13.3 Å². The summed E-state index contributed by atoms with van der Waals surface area (Å²) < 4.78 is 1.85. The number of rotatable bonds is 1. The van der Waals surface area contributed by atoms with Gasteiger partial charge >= 0.3 is 35.4 Å². The summed E-state index contributed by atoms with van der Waals surface area (Å²) in [6, 6.07) is 0. The minimum Gasteiger partial charge on any atom is -0.714 e. The van der Waals surface area contributed by atoms with Crippen molar-refractivity contribution in [3.8, 4) is 0 Å². The van der Waals surface area contributed by atoms with Crippen molar-refractivity contribution >= 4 is 35.4 Å². The quantitative estimate of drug-likeness (QED) is 0.198. The number of carboxylic acids is 1. The van der Waals surface area contributed by atoms with Gasteiger partial charge in [0.25, 0.3) is 0 Å². The van der Waals surface area contributed by atoms with Crippen molar-refractivity contribution in [1.82, 2.24) is 8.84 Å². The second kappa shape index (κ2) is 5.23. The van der Waals surface area contributed by atoms with Gasteiger partial charge in [-0.2, -0.15) is 0 Å². The van der Waals surface area contributed by atoms with E-state index in [9.17, 15) is 15.1 Å². The van der Waals surface area contributed by atoms with E-state index in [4.69, 9.17) is 23.6 Å². The number of carbonyl (C=O) groups is 1. The second-order valence-electron chi connectivity index (χ2n) is 2.10. The summed E-state index contributed by atoms with van der Waals surface area (Å²) in [4.78, 5) is 10.3. The van der Waals surface area contributed by atoms with Crippen molar-refractivity contribution in [3.63, 3.8) is 0 Å². The van der Waals surface area contributed by atoms with Gasteiger partial charge in [-0.15, -0.1) is 8.84 Å². The first-order valence-corrected chi connectivity index (χ1v) is 3.57. The van der Waals surface area contributed by atoms with Gasteiger partial charge in [0.15, 0.2) is 19.3 Å². The number of hydrogen-bond acceptors (Lipinski definition) is 5. The average molecular weight is 236 g/mol. The van der Waals surface area contributed by atoms with Gasteiger partial charge in [-0.3, -0.25) is 0 Å². The van der Waals surface area contributed by atoms with Crippen molar-refractivity contribution in [2.24, 2.45) is 0 Å². The molecule has 0 amide bonds. The molecule has 0 atom stereocenters. The molecule has 1 rings (SSSR count). The van der Waals surface area contributed by atoms with E-state index in [1.807, 2.05) is 0 Å². The van der Waals surface area contributed by atoms with Crippen molar-refractivity contribution in [2.45, 2.75) is 0 Å². The van der Waals surface area contributed by atoms with Crippen molar-refractivity contribution < 1.29 is 44.2 Å². The number of carbonyl (C=O) groups excluding carboxylic acids is 1. The minimum absolute atomic E-state index is 0. The van der Waals surface area contributed by atoms with E-state index >= 15 is 0 Å². The Morgan fingerprint density at radius 2 is 2.08 bits per heavy atom. The van der Waals surface area contributed by atoms with Crippen LogP contribution in [0.5, 0.6) is 0 Å². The van der Waals surface area contributed by atoms with E-state index in [1.165, 1.54) is 0 Å². The van der Waals surface area contributed by atoms with Gasteiger partial charge < -0.3 is 15.1 Å². The molecule has 0 bridgehead atoms. The number of hydrogen-bond donors (Lipinski definition) is 0. The third-order valence-corrected chi connectivity index (χ3v) is 1.69. The Morgan fingerprint density at radius 3 is 2.46 bits per heavy atom. The molecule has 0 spiro atoms. The first-order valence-electron chi connectivity index (χ1n) is 2.89. The smallest absolute Gasteiger partial charge is 0.714 e. The molecule has 9 heteroatoms. The molecule has 0 saturated heterocycles. The Hall–Kier alpha value is 0.280. The van der Waals surface area contributed by atoms with E-state index in [1.54, 1.807) is 0 Å². The molecule has 0 aromatic rings. The zero-order valence-electron chi connectivity index (χ0n) is 6.74. The number of aliphatic carboxylic acids is 1. The largest absolute Gasteiger partial charge is 1.00 e. The fourth-order valence-electron chi connectivity index (χ4n) is 0.775. The Labute approximate surface area is 106 Å². The molecule has 1 aliphatic heterocycles. The van der Waals surface area contributed by atoms with Crippen LogP contribution in [0.2, 0.25) is 0 Å². The Morgan fingerprint density at radius 1 is 1.54 bits per heavy atom. The summed E-state index contributed by atoms with van der Waals surface area (Å²) in [5, 5.41) is 21.2. The zero-order valence-corrected chi connectivity index (χ0v) is 10.2. The first kappa shape index (κ1) is 13.3. The zero-order chi connectivity index (χ0) is 9.30. The third-order valence-electron chi connectivity index (χ3n) is 1.21. The van der Waals surface area contributed by atoms with Gasteiger partial charge in [-0.05, 0) is 11.8 Å². The number of halogens is 2. The molecule has 0 N–H and O–H groups in total. The molecule has 0 aromatic heterocycles. The molecular formula is C4H4Cl2N3NaO3. The molecule has 0 aromatic carbocycles. The molecule has 0 unspecified atom stereocenters. The van der Waals surface area contributed by atoms with Crippen LogP contribution in [0, 0.1) is 5.21 Å². The van der Waals surface area contributed by atoms with E-state index in [2.05, 4.69) is 0 Å². The summed E-state index contributed by atoms with van der Waals surface area (Å²) >= 11 is 10.8. The predicted octanol–water partition coefficient (Wildman–Crippen LogP) is -4.51. The van der Waals surface area contributed by atoms with Crippen LogP contribution in [0.25, 0.3) is 0 Å². The molecule has 1 heterocycles. The summed E-state index contributed by atoms with van der Waals surface area (Å²) in [6.07, 6.45) is 0. The fourth-order valence-corrected chi connectivity index (χ4v) is 1.32. The maximum atomic E-state index is 10.9. The van der Waals surface area contributed by atoms with E-state index in [0.717, 1.165) is 4.42 Å². The number of nitrogens with zero attached hydrogens (tertiary/aromatic N) is 3. The summed E-state index contributed by atoms with van der Waals surface area (Å²) in [5.41, 5.74) is 0. The van der Waals surface area contributed by atoms with Gasteiger partial charge in [0.2, 0.25) is 0 Å². The van der Waals surface area contributed by atoms with Crippen LogP contribution in [-0.4, -0.2) is 38.7 Å². The molecular weight excluding hydrogens is 232 g/mol. The van der Waals surface area contributed by atoms with Crippen LogP contribution in [0.1, 0.15) is 0 Å². The molecule has 0 fully saturated rings. The third kappa shape index (κ3) is 3.16. The van der Waals surface area contributed by atoms with Crippen molar-refractivity contribution in [3.05, 3.63) is 5.21 Å². The Bertz CT molecular complexity index is 249. The normalized spacial score (nSPS) is 18.5. The SMILES string of the molecule is O=C([O-])C1=[N+]([O-])CN(Cl)CN1Cl.[Na+]. The Kier molecular flexibility index (Phi) is 5.35. The monoisotopic (exact) mass is 235 g/mol. The van der Waals surface area contributed by atoms with Gasteiger partial charge in [-0.25, -0.2) is 4.74 Å². The van der Waals surface area contributed by atoms with Gasteiger partial charge in [0, 0.05) is 0 Å². The molecule has 1 aliphatic rings. The molecule has 0 saturated carbocycles. The average Bonchev–Trinajstić information content (AvgIpc) is 1.82. The van der Waals surface area contributed by atoms with E-state index < -0.39 is 11.8 Å². The number of amidine groups is 1. The van der Waals surface area contributed by atoms with Crippen LogP contribution in [0.4, 0.5) is 0 Å². The topological polar surface area (TPSA) is 72.7 Å². The molecule has 68 valence electrons. The van der Waals surface area contributed by atoms with Gasteiger partial charge in [-0.1, -0.05) is 0 Å². The maximum Gasteiger partial charge on any atom is 1.00 e. The molecule has 6 nitrogen and oxygen atoms in total. The van der Waals surface area contributed by atoms with Crippen LogP contribution in [0.3, 0.4) is 0 Å². The minimum atomic E-state index is -1.62. The molecule has 13 heavy (non-hydrogen) atoms. The molecule has 0 radical (unpaired) electrons. The standard InChI is InChI=1S/C4H5Cl2N3O3.Na/c5-7-1-8(6)3(4(10)11)9(12)2-7;/h1-2H2,(H,10,11);/q;+1/p-1. The first-order chi connectivity index (χ1) is 5.52. The maximum absolute atomic E-state index is 10.9. The second-order valence-corrected chi connectivity index (χ2v) is 2.98. The fraction of sp³-hybridized carbons (Fsp3) is 0.500.